The van der Waals surface area contributed by atoms with Crippen molar-refractivity contribution in [3.05, 3.63) is 40.1 Å². The first kappa shape index (κ1) is 26.6. The maximum Gasteiger partial charge on any atom is 0.318 e. The van der Waals surface area contributed by atoms with Crippen LogP contribution in [0.4, 0.5) is 15.9 Å². The second kappa shape index (κ2) is 9.50. The maximum absolute atomic E-state index is 14.5. The highest BCUT2D eigenvalue weighted by molar-refractivity contribution is 5.64. The number of nitrogens with two attached hydrogens (primary N) is 1. The van der Waals surface area contributed by atoms with Crippen molar-refractivity contribution in [1.29, 1.82) is 5.26 Å². The zero-order chi connectivity index (χ0) is 28.7. The zero-order valence-corrected chi connectivity index (χ0v) is 24.3. The van der Waals surface area contributed by atoms with Gasteiger partial charge in [0.1, 0.15) is 30.3 Å². The molecule has 0 saturated carbocycles. The topological polar surface area (TPSA) is 110 Å². The van der Waals surface area contributed by atoms with E-state index in [1.807, 2.05) is 6.07 Å². The molecule has 8 rings (SSSR count). The Hall–Kier alpha value is -3.00. The lowest BCUT2D eigenvalue weighted by molar-refractivity contribution is -0.0986. The first-order chi connectivity index (χ1) is 20.3. The largest absolute Gasteiger partial charge is 0.461 e. The van der Waals surface area contributed by atoms with Gasteiger partial charge in [0.05, 0.1) is 36.6 Å². The Morgan fingerprint density at radius 3 is 2.88 bits per heavy atom. The predicted octanol–water partition coefficient (Wildman–Crippen LogP) is 3.98. The third-order valence-corrected chi connectivity index (χ3v) is 11.1. The van der Waals surface area contributed by atoms with Crippen molar-refractivity contribution < 1.29 is 18.6 Å². The Morgan fingerprint density at radius 2 is 2.10 bits per heavy atom. The molecule has 9 nitrogen and oxygen atoms in total. The molecule has 4 unspecified atom stereocenters. The van der Waals surface area contributed by atoms with Crippen LogP contribution >= 0.6 is 0 Å². The Labute approximate surface area is 246 Å². The fraction of sp³-hybridized carbons (Fsp3) is 0.656. The zero-order valence-electron chi connectivity index (χ0n) is 24.3. The molecule has 4 fully saturated rings. The normalized spacial score (nSPS) is 32.8. The van der Waals surface area contributed by atoms with Crippen molar-refractivity contribution in [2.24, 2.45) is 5.41 Å². The van der Waals surface area contributed by atoms with Crippen LogP contribution in [0.2, 0.25) is 0 Å². The molecule has 1 aromatic heterocycles. The van der Waals surface area contributed by atoms with E-state index >= 15 is 0 Å². The molecule has 42 heavy (non-hydrogen) atoms. The molecule has 0 bridgehead atoms. The van der Waals surface area contributed by atoms with Gasteiger partial charge >= 0.3 is 6.01 Å². The molecule has 2 aromatic rings. The van der Waals surface area contributed by atoms with Crippen LogP contribution in [0.3, 0.4) is 0 Å². The molecule has 1 aliphatic carbocycles. The smallest absolute Gasteiger partial charge is 0.318 e. The molecule has 1 aromatic carbocycles. The van der Waals surface area contributed by atoms with E-state index in [0.717, 1.165) is 93.2 Å². The van der Waals surface area contributed by atoms with Crippen molar-refractivity contribution in [3.63, 3.8) is 0 Å². The number of benzene rings is 1. The molecule has 2 N–H and O–H groups in total. The number of halogens is 1. The lowest BCUT2D eigenvalue weighted by Crippen LogP contribution is -2.45. The van der Waals surface area contributed by atoms with Crippen LogP contribution in [-0.4, -0.2) is 72.6 Å². The predicted molar refractivity (Wildman–Crippen MR) is 154 cm³/mol. The number of aromatic nitrogens is 2. The van der Waals surface area contributed by atoms with E-state index in [0.29, 0.717) is 55.8 Å². The van der Waals surface area contributed by atoms with Crippen LogP contribution in [0.1, 0.15) is 79.3 Å². The summed E-state index contributed by atoms with van der Waals surface area (Å²) in [6.07, 6.45) is 5.02. The number of hydrogen-bond donors (Lipinski definition) is 1. The highest BCUT2D eigenvalue weighted by Gasteiger charge is 2.51. The molecule has 0 amide bonds. The number of nitrogens with zero attached hydrogens (tertiary/aromatic N) is 5. The van der Waals surface area contributed by atoms with Crippen molar-refractivity contribution in [2.45, 2.75) is 81.7 Å². The third kappa shape index (κ3) is 3.96. The Bertz CT molecular complexity index is 1480. The van der Waals surface area contributed by atoms with E-state index in [9.17, 15) is 9.65 Å². The minimum absolute atomic E-state index is 0.191. The summed E-state index contributed by atoms with van der Waals surface area (Å²) < 4.78 is 33.3. The highest BCUT2D eigenvalue weighted by Crippen LogP contribution is 2.51. The minimum atomic E-state index is -0.813. The van der Waals surface area contributed by atoms with Crippen molar-refractivity contribution in [2.75, 3.05) is 56.6 Å². The summed E-state index contributed by atoms with van der Waals surface area (Å²) in [4.78, 5) is 14.6. The van der Waals surface area contributed by atoms with Crippen LogP contribution in [0.15, 0.2) is 12.1 Å². The number of fused-ring (bicyclic) bond motifs is 4. The monoisotopic (exact) mass is 574 g/mol. The number of rotatable bonds is 4. The quantitative estimate of drug-likeness (QED) is 0.543. The number of ether oxygens (including phenoxy) is 3. The fourth-order valence-corrected chi connectivity index (χ4v) is 8.75. The summed E-state index contributed by atoms with van der Waals surface area (Å²) in [5.41, 5.74) is 10.5. The van der Waals surface area contributed by atoms with Gasteiger partial charge in [0.15, 0.2) is 0 Å². The van der Waals surface area contributed by atoms with Gasteiger partial charge in [0.25, 0.3) is 0 Å². The fourth-order valence-electron chi connectivity index (χ4n) is 8.75. The lowest BCUT2D eigenvalue weighted by atomic mass is 9.69. The molecule has 4 saturated heterocycles. The van der Waals surface area contributed by atoms with E-state index < -0.39 is 11.8 Å². The van der Waals surface area contributed by atoms with Crippen LogP contribution in [0, 0.1) is 16.7 Å². The molecular formula is C32H39FN6O3. The summed E-state index contributed by atoms with van der Waals surface area (Å²) in [5, 5.41) is 10.2. The van der Waals surface area contributed by atoms with E-state index in [4.69, 9.17) is 29.9 Å². The molecule has 0 radical (unpaired) electrons. The number of nitriles is 1. The van der Waals surface area contributed by atoms with Crippen LogP contribution in [0.25, 0.3) is 0 Å². The number of nitrogen functional groups attached to an aromatic ring is 1. The van der Waals surface area contributed by atoms with E-state index in [2.05, 4.69) is 28.9 Å². The summed E-state index contributed by atoms with van der Waals surface area (Å²) in [6, 6.07) is 6.65. The number of hydrogen-bond acceptors (Lipinski definition) is 9. The molecule has 6 aliphatic rings. The maximum atomic E-state index is 14.5. The first-order valence-electron chi connectivity index (χ1n) is 15.5. The van der Waals surface area contributed by atoms with Crippen LogP contribution in [0.5, 0.6) is 6.01 Å². The summed E-state index contributed by atoms with van der Waals surface area (Å²) in [6.45, 7) is 7.72. The Kier molecular flexibility index (Phi) is 6.02. The van der Waals surface area contributed by atoms with Crippen molar-refractivity contribution in [3.8, 4) is 12.1 Å². The summed E-state index contributed by atoms with van der Waals surface area (Å²) >= 11 is 0. The lowest BCUT2D eigenvalue weighted by Gasteiger charge is -2.45. The van der Waals surface area contributed by atoms with Gasteiger partial charge in [-0.15, -0.1) is 0 Å². The van der Waals surface area contributed by atoms with Gasteiger partial charge in [-0.25, -0.2) is 4.39 Å². The SMILES string of the molecule is CC1CCC2(Cc3nc(OCC45CCCN4CC(F)C5)nc(N4CCC5(COC5)C4)c3CO2)c2c1ccc(N)c2C#N. The van der Waals surface area contributed by atoms with Gasteiger partial charge in [-0.05, 0) is 56.2 Å². The minimum Gasteiger partial charge on any atom is -0.461 e. The Morgan fingerprint density at radius 1 is 1.21 bits per heavy atom. The van der Waals surface area contributed by atoms with E-state index in [-0.39, 0.29) is 11.0 Å². The molecule has 222 valence electrons. The van der Waals surface area contributed by atoms with Crippen LogP contribution < -0.4 is 15.4 Å². The van der Waals surface area contributed by atoms with Crippen molar-refractivity contribution in [1.82, 2.24) is 14.9 Å². The summed E-state index contributed by atoms with van der Waals surface area (Å²) in [7, 11) is 0. The summed E-state index contributed by atoms with van der Waals surface area (Å²) in [5.74, 6) is 1.19. The van der Waals surface area contributed by atoms with Crippen LogP contribution in [-0.2, 0) is 28.1 Å². The van der Waals surface area contributed by atoms with Gasteiger partial charge in [0, 0.05) is 54.7 Å². The molecule has 4 atom stereocenters. The van der Waals surface area contributed by atoms with Gasteiger partial charge in [0.2, 0.25) is 0 Å². The second-order valence-corrected chi connectivity index (χ2v) is 13.8. The van der Waals surface area contributed by atoms with E-state index in [1.165, 1.54) is 0 Å². The molecular weight excluding hydrogens is 535 g/mol. The molecule has 2 spiro atoms. The number of anilines is 2. The van der Waals surface area contributed by atoms with Gasteiger partial charge in [-0.1, -0.05) is 13.0 Å². The Balaban J connectivity index is 1.18. The standard InChI is InChI=1S/C32H39FN6O3/c1-20-5-7-32(27-22(20)3-4-25(35)23(27)13-34)12-26-24(15-42-32)28(38-10-8-30(16-38)17-40-18-30)37-29(36-26)41-19-31-6-2-9-39(31)14-21(33)11-31/h3-4,20-21H,2,5-12,14-19,35H2,1H3. The van der Waals surface area contributed by atoms with Gasteiger partial charge < -0.3 is 24.8 Å². The third-order valence-electron chi connectivity index (χ3n) is 11.1. The average molecular weight is 575 g/mol. The highest BCUT2D eigenvalue weighted by atomic mass is 19.1. The van der Waals surface area contributed by atoms with Crippen molar-refractivity contribution >= 4 is 11.5 Å². The van der Waals surface area contributed by atoms with E-state index in [1.54, 1.807) is 0 Å². The molecule has 10 heteroatoms. The van der Waals surface area contributed by atoms with Gasteiger partial charge in [-0.2, -0.15) is 15.2 Å². The van der Waals surface area contributed by atoms with Gasteiger partial charge in [-0.3, -0.25) is 4.90 Å². The molecule has 6 heterocycles. The first-order valence-corrected chi connectivity index (χ1v) is 15.5. The second-order valence-electron chi connectivity index (χ2n) is 13.8. The average Bonchev–Trinajstić information content (AvgIpc) is 3.66. The molecule has 5 aliphatic heterocycles. The number of alkyl halides is 1.